The highest BCUT2D eigenvalue weighted by Gasteiger charge is 2.46. The van der Waals surface area contributed by atoms with Crippen LogP contribution in [0.15, 0.2) is 0 Å². The second-order valence-corrected chi connectivity index (χ2v) is 7.59. The fourth-order valence-electron chi connectivity index (χ4n) is 3.77. The molecule has 0 aliphatic carbocycles. The van der Waals surface area contributed by atoms with E-state index in [-0.39, 0.29) is 42.2 Å². The summed E-state index contributed by atoms with van der Waals surface area (Å²) in [5.41, 5.74) is -0.0776. The van der Waals surface area contributed by atoms with Gasteiger partial charge in [0.15, 0.2) is 18.1 Å². The van der Waals surface area contributed by atoms with E-state index < -0.39 is 24.3 Å². The Morgan fingerprint density at radius 3 is 2.47 bits per heavy atom. The van der Waals surface area contributed by atoms with Crippen LogP contribution in [0.3, 0.4) is 0 Å². The summed E-state index contributed by atoms with van der Waals surface area (Å²) in [5.74, 6) is -1.51. The summed E-state index contributed by atoms with van der Waals surface area (Å²) in [6.45, 7) is 9.15. The number of aromatic nitrogens is 3. The van der Waals surface area contributed by atoms with Gasteiger partial charge in [-0.1, -0.05) is 45.2 Å². The number of hydrogen-bond acceptors (Lipinski definition) is 8. The van der Waals surface area contributed by atoms with Gasteiger partial charge in [-0.2, -0.15) is 0 Å². The fourth-order valence-corrected chi connectivity index (χ4v) is 3.77. The Morgan fingerprint density at radius 2 is 1.87 bits per heavy atom. The van der Waals surface area contributed by atoms with Gasteiger partial charge in [-0.15, -0.1) is 5.10 Å². The number of unbranched alkanes of at least 4 members (excludes halogenated alkanes) is 3. The van der Waals surface area contributed by atoms with E-state index >= 15 is 0 Å². The van der Waals surface area contributed by atoms with Crippen molar-refractivity contribution in [1.29, 1.82) is 0 Å². The lowest BCUT2D eigenvalue weighted by molar-refractivity contribution is -0.154. The number of Topliss-reactive ketones (excluding diaryl/α,β-unsaturated/α-hetero) is 1. The highest BCUT2D eigenvalue weighted by atomic mass is 16.6. The van der Waals surface area contributed by atoms with Crippen LogP contribution in [-0.4, -0.2) is 51.5 Å². The summed E-state index contributed by atoms with van der Waals surface area (Å²) in [5, 5.41) is 7.99. The lowest BCUT2D eigenvalue weighted by atomic mass is 9.98. The molecule has 2 heterocycles. The van der Waals surface area contributed by atoms with Crippen LogP contribution in [0.5, 0.6) is 0 Å². The fraction of sp³-hybridized carbons (Fsp3) is 0.762. The van der Waals surface area contributed by atoms with Crippen LogP contribution in [-0.2, 0) is 19.0 Å². The van der Waals surface area contributed by atoms with Crippen molar-refractivity contribution in [3.63, 3.8) is 0 Å². The Kier molecular flexibility index (Phi) is 8.95. The van der Waals surface area contributed by atoms with E-state index in [0.717, 1.165) is 19.3 Å². The van der Waals surface area contributed by atoms with Gasteiger partial charge in [0.1, 0.15) is 5.69 Å². The van der Waals surface area contributed by atoms with Crippen LogP contribution in [0.1, 0.15) is 100 Å². The van der Waals surface area contributed by atoms with Crippen molar-refractivity contribution in [3.8, 4) is 0 Å². The van der Waals surface area contributed by atoms with Gasteiger partial charge in [-0.05, 0) is 19.8 Å². The second-order valence-electron chi connectivity index (χ2n) is 7.59. The Hall–Kier alpha value is -2.29. The van der Waals surface area contributed by atoms with E-state index in [1.165, 1.54) is 11.6 Å². The first-order valence-electron chi connectivity index (χ1n) is 10.8. The van der Waals surface area contributed by atoms with Crippen LogP contribution in [0.4, 0.5) is 0 Å². The van der Waals surface area contributed by atoms with E-state index in [1.807, 2.05) is 13.8 Å². The van der Waals surface area contributed by atoms with Gasteiger partial charge in [0.05, 0.1) is 12.7 Å². The Balaban J connectivity index is 2.41. The first-order valence-corrected chi connectivity index (χ1v) is 10.8. The average Bonchev–Trinajstić information content (AvgIpc) is 3.27. The minimum atomic E-state index is -0.834. The highest BCUT2D eigenvalue weighted by Crippen LogP contribution is 2.38. The molecule has 0 bridgehead atoms. The molecule has 1 fully saturated rings. The van der Waals surface area contributed by atoms with Crippen LogP contribution in [0, 0.1) is 5.92 Å². The number of esters is 2. The number of rotatable bonds is 11. The van der Waals surface area contributed by atoms with Crippen LogP contribution < -0.4 is 0 Å². The topological polar surface area (TPSA) is 110 Å². The lowest BCUT2D eigenvalue weighted by Crippen LogP contribution is -2.31. The molecular formula is C21H33N3O6. The molecule has 1 aromatic heterocycles. The molecule has 168 valence electrons. The molecule has 1 aliphatic rings. The first-order chi connectivity index (χ1) is 14.3. The van der Waals surface area contributed by atoms with Crippen molar-refractivity contribution in [1.82, 2.24) is 15.0 Å². The summed E-state index contributed by atoms with van der Waals surface area (Å²) in [6, 6.07) is 0. The van der Waals surface area contributed by atoms with Gasteiger partial charge in [-0.25, -0.2) is 9.48 Å². The van der Waals surface area contributed by atoms with E-state index in [1.54, 1.807) is 6.92 Å². The zero-order chi connectivity index (χ0) is 22.3. The maximum Gasteiger partial charge on any atom is 0.361 e. The molecule has 1 aliphatic heterocycles. The largest absolute Gasteiger partial charge is 0.461 e. The molecule has 2 rings (SSSR count). The maximum atomic E-state index is 13.1. The SMILES string of the molecule is CCCCCCC(=O)c1c(C(=O)OCC)nnn1[C@@H]1O[C@H](CC)[C@@H](C)[C@H]1OC(C)=O. The molecule has 0 aromatic carbocycles. The first kappa shape index (κ1) is 24.0. The summed E-state index contributed by atoms with van der Waals surface area (Å²) in [7, 11) is 0. The van der Waals surface area contributed by atoms with Crippen molar-refractivity contribution >= 4 is 17.7 Å². The molecule has 1 aromatic rings. The standard InChI is InChI=1S/C21H33N3O6/c1-6-9-10-11-12-15(26)18-17(21(27)28-8-3)22-23-24(18)20-19(29-14(5)25)13(4)16(7-2)30-20/h13,16,19-20H,6-12H2,1-5H3/t13-,16-,19-,20-/m1/s1. The average molecular weight is 424 g/mol. The molecule has 9 nitrogen and oxygen atoms in total. The van der Waals surface area contributed by atoms with Crippen molar-refractivity contribution in [2.45, 2.75) is 91.6 Å². The highest BCUT2D eigenvalue weighted by molar-refractivity contribution is 6.03. The van der Waals surface area contributed by atoms with E-state index in [0.29, 0.717) is 12.8 Å². The molecular weight excluding hydrogens is 390 g/mol. The van der Waals surface area contributed by atoms with Crippen LogP contribution >= 0.6 is 0 Å². The van der Waals surface area contributed by atoms with Gasteiger partial charge < -0.3 is 14.2 Å². The van der Waals surface area contributed by atoms with Gasteiger partial charge in [0, 0.05) is 19.3 Å². The lowest BCUT2D eigenvalue weighted by Gasteiger charge is -2.21. The van der Waals surface area contributed by atoms with Crippen molar-refractivity contribution < 1.29 is 28.6 Å². The van der Waals surface area contributed by atoms with E-state index in [9.17, 15) is 14.4 Å². The van der Waals surface area contributed by atoms with Crippen molar-refractivity contribution in [2.24, 2.45) is 5.92 Å². The van der Waals surface area contributed by atoms with E-state index in [4.69, 9.17) is 14.2 Å². The van der Waals surface area contributed by atoms with Crippen LogP contribution in [0.25, 0.3) is 0 Å². The third-order valence-electron chi connectivity index (χ3n) is 5.33. The zero-order valence-electron chi connectivity index (χ0n) is 18.6. The summed E-state index contributed by atoms with van der Waals surface area (Å²) in [4.78, 5) is 37.1. The molecule has 0 unspecified atom stereocenters. The maximum absolute atomic E-state index is 13.1. The molecule has 0 amide bonds. The molecule has 9 heteroatoms. The molecule has 1 saturated heterocycles. The number of nitrogens with zero attached hydrogens (tertiary/aromatic N) is 3. The minimum absolute atomic E-state index is 0.0519. The van der Waals surface area contributed by atoms with Crippen molar-refractivity contribution in [3.05, 3.63) is 11.4 Å². The summed E-state index contributed by atoms with van der Waals surface area (Å²) >= 11 is 0. The molecule has 0 spiro atoms. The predicted octanol–water partition coefficient (Wildman–Crippen LogP) is 3.48. The quantitative estimate of drug-likeness (QED) is 0.302. The Bertz CT molecular complexity index is 747. The van der Waals surface area contributed by atoms with Crippen LogP contribution in [0.2, 0.25) is 0 Å². The van der Waals surface area contributed by atoms with Gasteiger partial charge in [0.2, 0.25) is 5.69 Å². The predicted molar refractivity (Wildman–Crippen MR) is 108 cm³/mol. The third kappa shape index (κ3) is 5.44. The summed E-state index contributed by atoms with van der Waals surface area (Å²) < 4.78 is 18.0. The van der Waals surface area contributed by atoms with Crippen molar-refractivity contribution in [2.75, 3.05) is 6.61 Å². The summed E-state index contributed by atoms with van der Waals surface area (Å²) in [6.07, 6.45) is 3.02. The minimum Gasteiger partial charge on any atom is -0.461 e. The molecule has 0 saturated carbocycles. The normalized spacial score (nSPS) is 23.4. The van der Waals surface area contributed by atoms with Gasteiger partial charge >= 0.3 is 11.9 Å². The number of hydrogen-bond donors (Lipinski definition) is 0. The molecule has 30 heavy (non-hydrogen) atoms. The molecule has 4 atom stereocenters. The zero-order valence-corrected chi connectivity index (χ0v) is 18.6. The molecule has 0 radical (unpaired) electrons. The monoisotopic (exact) mass is 423 g/mol. The number of ketones is 1. The smallest absolute Gasteiger partial charge is 0.361 e. The number of carbonyl (C=O) groups excluding carboxylic acids is 3. The van der Waals surface area contributed by atoms with Gasteiger partial charge in [-0.3, -0.25) is 9.59 Å². The van der Waals surface area contributed by atoms with Gasteiger partial charge in [0.25, 0.3) is 0 Å². The number of ether oxygens (including phenoxy) is 3. The van der Waals surface area contributed by atoms with E-state index in [2.05, 4.69) is 17.2 Å². The Morgan fingerprint density at radius 1 is 1.13 bits per heavy atom. The molecule has 0 N–H and O–H groups in total. The third-order valence-corrected chi connectivity index (χ3v) is 5.33. The Labute approximate surface area is 177 Å². The number of carbonyl (C=O) groups is 3. The second kappa shape index (κ2) is 11.2.